The number of ether oxygens (including phenoxy) is 2. The van der Waals surface area contributed by atoms with Gasteiger partial charge in [-0.25, -0.2) is 4.79 Å². The molecule has 0 aliphatic carbocycles. The summed E-state index contributed by atoms with van der Waals surface area (Å²) in [6.07, 6.45) is 1.82. The number of rotatable bonds is 1. The van der Waals surface area contributed by atoms with E-state index in [4.69, 9.17) is 9.47 Å². The minimum atomic E-state index is -0.458. The van der Waals surface area contributed by atoms with Crippen molar-refractivity contribution in [3.8, 4) is 0 Å². The number of hydrogen-bond donors (Lipinski definition) is 1. The molecule has 3 heterocycles. The first-order valence-corrected chi connectivity index (χ1v) is 7.15. The van der Waals surface area contributed by atoms with Gasteiger partial charge in [0.15, 0.2) is 5.79 Å². The van der Waals surface area contributed by atoms with Crippen LogP contribution in [0.2, 0.25) is 0 Å². The van der Waals surface area contributed by atoms with Gasteiger partial charge in [0.1, 0.15) is 0 Å². The first-order chi connectivity index (χ1) is 9.58. The summed E-state index contributed by atoms with van der Waals surface area (Å²) in [6, 6.07) is -0.166. The highest BCUT2D eigenvalue weighted by Gasteiger charge is 2.41. The fourth-order valence-electron chi connectivity index (χ4n) is 3.06. The average Bonchev–Trinajstić information content (AvgIpc) is 2.99. The summed E-state index contributed by atoms with van der Waals surface area (Å²) in [5.41, 5.74) is 0. The van der Waals surface area contributed by atoms with Gasteiger partial charge in [0.05, 0.1) is 19.3 Å². The van der Waals surface area contributed by atoms with Crippen LogP contribution in [0.5, 0.6) is 0 Å². The summed E-state index contributed by atoms with van der Waals surface area (Å²) in [5, 5.41) is 2.93. The Kier molecular flexibility index (Phi) is 3.55. The predicted molar refractivity (Wildman–Crippen MR) is 70.0 cm³/mol. The van der Waals surface area contributed by atoms with Crippen molar-refractivity contribution in [1.29, 1.82) is 0 Å². The molecule has 3 aliphatic heterocycles. The van der Waals surface area contributed by atoms with E-state index < -0.39 is 5.79 Å². The van der Waals surface area contributed by atoms with E-state index in [1.165, 1.54) is 0 Å². The van der Waals surface area contributed by atoms with E-state index in [1.54, 1.807) is 16.8 Å². The van der Waals surface area contributed by atoms with E-state index in [-0.39, 0.29) is 18.0 Å². The molecule has 3 fully saturated rings. The van der Waals surface area contributed by atoms with Crippen LogP contribution in [-0.2, 0) is 14.3 Å². The zero-order valence-corrected chi connectivity index (χ0v) is 11.8. The largest absolute Gasteiger partial charge is 0.347 e. The monoisotopic (exact) mass is 283 g/mol. The van der Waals surface area contributed by atoms with Gasteiger partial charge in [0.2, 0.25) is 5.91 Å². The van der Waals surface area contributed by atoms with Crippen LogP contribution >= 0.6 is 0 Å². The molecule has 1 N–H and O–H groups in total. The summed E-state index contributed by atoms with van der Waals surface area (Å²) >= 11 is 0. The summed E-state index contributed by atoms with van der Waals surface area (Å²) in [6.45, 7) is 3.13. The third-order valence-electron chi connectivity index (χ3n) is 4.29. The second-order valence-electron chi connectivity index (χ2n) is 5.72. The second-order valence-corrected chi connectivity index (χ2v) is 5.72. The Labute approximate surface area is 118 Å². The number of nitrogens with one attached hydrogen (secondary N) is 1. The highest BCUT2D eigenvalue weighted by atomic mass is 16.7. The molecule has 0 radical (unpaired) electrons. The number of nitrogens with zero attached hydrogens (tertiary/aromatic N) is 2. The summed E-state index contributed by atoms with van der Waals surface area (Å²) in [4.78, 5) is 27.0. The van der Waals surface area contributed by atoms with Gasteiger partial charge in [-0.3, -0.25) is 4.79 Å². The number of urea groups is 1. The molecule has 20 heavy (non-hydrogen) atoms. The Morgan fingerprint density at radius 1 is 1.30 bits per heavy atom. The lowest BCUT2D eigenvalue weighted by Gasteiger charge is -2.37. The van der Waals surface area contributed by atoms with Gasteiger partial charge < -0.3 is 24.6 Å². The SMILES string of the molecule is CN1CC(NC(=O)N2CCC3(CC2)OCCO3)CC1=O. The Balaban J connectivity index is 1.48. The number of likely N-dealkylation sites (N-methyl/N-ethyl adjacent to an activating group) is 1. The van der Waals surface area contributed by atoms with E-state index in [1.807, 2.05) is 0 Å². The van der Waals surface area contributed by atoms with E-state index in [0.717, 1.165) is 0 Å². The summed E-state index contributed by atoms with van der Waals surface area (Å²) in [7, 11) is 1.76. The van der Waals surface area contributed by atoms with Gasteiger partial charge in [0.25, 0.3) is 0 Å². The number of hydrogen-bond acceptors (Lipinski definition) is 4. The molecule has 3 rings (SSSR count). The van der Waals surface area contributed by atoms with Crippen LogP contribution in [-0.4, -0.2) is 73.5 Å². The minimum absolute atomic E-state index is 0.0742. The molecule has 0 saturated carbocycles. The third kappa shape index (κ3) is 2.60. The molecule has 0 aromatic heterocycles. The number of likely N-dealkylation sites (tertiary alicyclic amines) is 2. The smallest absolute Gasteiger partial charge is 0.317 e. The highest BCUT2D eigenvalue weighted by molar-refractivity contribution is 5.81. The molecule has 0 bridgehead atoms. The summed E-state index contributed by atoms with van der Waals surface area (Å²) in [5.74, 6) is -0.374. The molecular formula is C13H21N3O4. The molecule has 3 aliphatic rings. The van der Waals surface area contributed by atoms with Gasteiger partial charge in [-0.1, -0.05) is 0 Å². The molecule has 7 nitrogen and oxygen atoms in total. The Morgan fingerprint density at radius 3 is 2.50 bits per heavy atom. The number of carbonyl (C=O) groups excluding carboxylic acids is 2. The molecule has 112 valence electrons. The molecule has 3 saturated heterocycles. The maximum Gasteiger partial charge on any atom is 0.317 e. The van der Waals surface area contributed by atoms with Crippen LogP contribution in [0.4, 0.5) is 4.79 Å². The van der Waals surface area contributed by atoms with Gasteiger partial charge in [-0.2, -0.15) is 0 Å². The van der Waals surface area contributed by atoms with Crippen molar-refractivity contribution in [3.05, 3.63) is 0 Å². The predicted octanol–water partition coefficient (Wildman–Crippen LogP) is -0.234. The fraction of sp³-hybridized carbons (Fsp3) is 0.846. The van der Waals surface area contributed by atoms with Crippen LogP contribution in [0.3, 0.4) is 0 Å². The maximum atomic E-state index is 12.2. The quantitative estimate of drug-likeness (QED) is 0.721. The van der Waals surface area contributed by atoms with Crippen LogP contribution < -0.4 is 5.32 Å². The molecule has 7 heteroatoms. The van der Waals surface area contributed by atoms with Crippen molar-refractivity contribution in [2.45, 2.75) is 31.1 Å². The average molecular weight is 283 g/mol. The lowest BCUT2D eigenvalue weighted by atomic mass is 10.0. The zero-order valence-electron chi connectivity index (χ0n) is 11.8. The lowest BCUT2D eigenvalue weighted by molar-refractivity contribution is -0.181. The van der Waals surface area contributed by atoms with E-state index in [2.05, 4.69) is 5.32 Å². The van der Waals surface area contributed by atoms with Crippen LogP contribution in [0.25, 0.3) is 0 Å². The van der Waals surface area contributed by atoms with Gasteiger partial charge >= 0.3 is 6.03 Å². The molecule has 3 amide bonds. The van der Waals surface area contributed by atoms with Crippen LogP contribution in [0.15, 0.2) is 0 Å². The van der Waals surface area contributed by atoms with Gasteiger partial charge in [0, 0.05) is 45.9 Å². The number of piperidine rings is 1. The van der Waals surface area contributed by atoms with Crippen molar-refractivity contribution in [3.63, 3.8) is 0 Å². The van der Waals surface area contributed by atoms with Crippen molar-refractivity contribution in [1.82, 2.24) is 15.1 Å². The van der Waals surface area contributed by atoms with Crippen molar-refractivity contribution >= 4 is 11.9 Å². The van der Waals surface area contributed by atoms with E-state index in [9.17, 15) is 9.59 Å². The number of carbonyl (C=O) groups is 2. The van der Waals surface area contributed by atoms with Gasteiger partial charge in [-0.15, -0.1) is 0 Å². The fourth-order valence-corrected chi connectivity index (χ4v) is 3.06. The molecule has 0 aromatic carbocycles. The molecule has 1 atom stereocenters. The topological polar surface area (TPSA) is 71.1 Å². The van der Waals surface area contributed by atoms with Gasteiger partial charge in [-0.05, 0) is 0 Å². The highest BCUT2D eigenvalue weighted by Crippen LogP contribution is 2.31. The standard InChI is InChI=1S/C13H21N3O4/c1-15-9-10(8-11(15)17)14-12(18)16-4-2-13(3-5-16)19-6-7-20-13/h10H,2-9H2,1H3,(H,14,18). The first-order valence-electron chi connectivity index (χ1n) is 7.15. The van der Waals surface area contributed by atoms with Crippen molar-refractivity contribution < 1.29 is 19.1 Å². The Hall–Kier alpha value is -1.34. The Bertz CT molecular complexity index is 398. The Morgan fingerprint density at radius 2 is 1.95 bits per heavy atom. The van der Waals surface area contributed by atoms with E-state index in [0.29, 0.717) is 52.1 Å². The minimum Gasteiger partial charge on any atom is -0.347 e. The normalized spacial score (nSPS) is 29.2. The lowest BCUT2D eigenvalue weighted by Crippen LogP contribution is -2.52. The van der Waals surface area contributed by atoms with E-state index >= 15 is 0 Å². The van der Waals surface area contributed by atoms with Crippen molar-refractivity contribution in [2.75, 3.05) is 39.9 Å². The second kappa shape index (κ2) is 5.21. The van der Waals surface area contributed by atoms with Crippen LogP contribution in [0.1, 0.15) is 19.3 Å². The summed E-state index contributed by atoms with van der Waals surface area (Å²) < 4.78 is 11.3. The molecule has 0 aromatic rings. The molecular weight excluding hydrogens is 262 g/mol. The van der Waals surface area contributed by atoms with Crippen LogP contribution in [0, 0.1) is 0 Å². The number of amides is 3. The molecule has 1 unspecified atom stereocenters. The third-order valence-corrected chi connectivity index (χ3v) is 4.29. The molecule has 1 spiro atoms. The zero-order chi connectivity index (χ0) is 14.2. The first kappa shape index (κ1) is 13.6. The maximum absolute atomic E-state index is 12.2. The van der Waals surface area contributed by atoms with Crippen molar-refractivity contribution in [2.24, 2.45) is 0 Å².